The van der Waals surface area contributed by atoms with Crippen LogP contribution in [-0.4, -0.2) is 15.3 Å². The molecule has 9 nitrogen and oxygen atoms in total. The minimum absolute atomic E-state index is 0.00957. The lowest BCUT2D eigenvalue weighted by molar-refractivity contribution is 0.396. The van der Waals surface area contributed by atoms with Crippen molar-refractivity contribution in [3.8, 4) is 51.2 Å². The number of fused-ring (bicyclic) bond motifs is 3. The number of rotatable bonds is 8. The van der Waals surface area contributed by atoms with Gasteiger partial charge in [-0.15, -0.1) is 0 Å². The predicted molar refractivity (Wildman–Crippen MR) is 269 cm³/mol. The van der Waals surface area contributed by atoms with E-state index in [2.05, 4.69) is 42.5 Å². The standard InChI is InChI=1S/C60H50O9/c61-43-19-14-40-27-55(67-58(64)50(40)30-43)49-7-2-1-6-46(49)35-10-8-33(9-11-35)37-17-23-48(54(25-37)57-29-42-16-21-45(63)32-52(42)60(66)69-57)39-13-12-36(24-39)38-18-22-47(34-4-3-5-34)53(26-38)56-28-41-15-20-44(62)31-51(41)59(65)68-56/h1-2,6-7,14-23,25-36,39,61-63H,3-5,8-13,24H2. The van der Waals surface area contributed by atoms with E-state index in [1.807, 2.05) is 36.4 Å². The lowest BCUT2D eigenvalue weighted by Gasteiger charge is -2.31. The molecule has 0 amide bonds. The van der Waals surface area contributed by atoms with Crippen molar-refractivity contribution in [2.75, 3.05) is 0 Å². The van der Waals surface area contributed by atoms with Gasteiger partial charge in [-0.2, -0.15) is 0 Å². The van der Waals surface area contributed by atoms with E-state index in [9.17, 15) is 29.7 Å². The molecule has 3 aliphatic carbocycles. The van der Waals surface area contributed by atoms with E-state index in [0.717, 1.165) is 91.0 Å². The molecule has 3 aliphatic rings. The fraction of sp³-hybridized carbons (Fsp3) is 0.250. The molecule has 12 rings (SSSR count). The Kier molecular flexibility index (Phi) is 10.6. The molecule has 0 bridgehead atoms. The smallest absolute Gasteiger partial charge is 0.344 e. The maximum Gasteiger partial charge on any atom is 0.344 e. The summed E-state index contributed by atoms with van der Waals surface area (Å²) in [6.45, 7) is 0. The average Bonchev–Trinajstić information content (AvgIpc) is 3.84. The van der Waals surface area contributed by atoms with E-state index in [-0.39, 0.29) is 40.9 Å². The molecule has 0 saturated heterocycles. The molecule has 69 heavy (non-hydrogen) atoms. The molecule has 0 spiro atoms. The third-order valence-corrected chi connectivity index (χ3v) is 15.7. The van der Waals surface area contributed by atoms with Crippen molar-refractivity contribution in [1.29, 1.82) is 0 Å². The Labute approximate surface area is 397 Å². The maximum atomic E-state index is 13.6. The fourth-order valence-corrected chi connectivity index (χ4v) is 11.8. The Bertz CT molecular complexity index is 3680. The zero-order valence-corrected chi connectivity index (χ0v) is 38.0. The van der Waals surface area contributed by atoms with Crippen LogP contribution >= 0.6 is 0 Å². The van der Waals surface area contributed by atoms with Gasteiger partial charge in [0.2, 0.25) is 0 Å². The molecule has 344 valence electrons. The first kappa shape index (κ1) is 42.7. The van der Waals surface area contributed by atoms with Gasteiger partial charge in [-0.05, 0) is 198 Å². The molecular weight excluding hydrogens is 865 g/mol. The Morgan fingerprint density at radius 1 is 0.362 bits per heavy atom. The van der Waals surface area contributed by atoms with E-state index >= 15 is 0 Å². The third kappa shape index (κ3) is 7.89. The van der Waals surface area contributed by atoms with Gasteiger partial charge in [-0.1, -0.05) is 73.2 Å². The lowest BCUT2D eigenvalue weighted by atomic mass is 9.74. The Morgan fingerprint density at radius 2 is 0.768 bits per heavy atom. The minimum atomic E-state index is -0.491. The zero-order chi connectivity index (χ0) is 46.9. The number of hydrogen-bond donors (Lipinski definition) is 3. The van der Waals surface area contributed by atoms with Crippen LogP contribution in [0.3, 0.4) is 0 Å². The van der Waals surface area contributed by atoms with Crippen LogP contribution in [-0.2, 0) is 0 Å². The summed E-state index contributed by atoms with van der Waals surface area (Å²) in [7, 11) is 0. The molecule has 2 atom stereocenters. The van der Waals surface area contributed by atoms with Crippen LogP contribution in [0.4, 0.5) is 0 Å². The Balaban J connectivity index is 0.854. The first-order valence-corrected chi connectivity index (χ1v) is 24.3. The van der Waals surface area contributed by atoms with Crippen LogP contribution in [0.1, 0.15) is 122 Å². The highest BCUT2D eigenvalue weighted by Crippen LogP contribution is 2.50. The number of benzene rings is 6. The van der Waals surface area contributed by atoms with E-state index in [0.29, 0.717) is 50.1 Å². The van der Waals surface area contributed by atoms with Gasteiger partial charge in [0.25, 0.3) is 0 Å². The largest absolute Gasteiger partial charge is 0.508 e. The molecule has 3 N–H and O–H groups in total. The second-order valence-electron chi connectivity index (χ2n) is 19.7. The van der Waals surface area contributed by atoms with Crippen molar-refractivity contribution >= 4 is 32.3 Å². The maximum absolute atomic E-state index is 13.6. The molecular formula is C60H50O9. The Hall–Kier alpha value is -7.65. The van der Waals surface area contributed by atoms with Gasteiger partial charge >= 0.3 is 16.9 Å². The molecule has 3 aromatic heterocycles. The van der Waals surface area contributed by atoms with Crippen LogP contribution in [0, 0.1) is 0 Å². The molecule has 0 radical (unpaired) electrons. The Morgan fingerprint density at radius 3 is 1.28 bits per heavy atom. The average molecular weight is 915 g/mol. The molecule has 9 heteroatoms. The zero-order valence-electron chi connectivity index (χ0n) is 38.0. The highest BCUT2D eigenvalue weighted by Gasteiger charge is 2.33. The monoisotopic (exact) mass is 914 g/mol. The van der Waals surface area contributed by atoms with Crippen molar-refractivity contribution in [2.24, 2.45) is 0 Å². The highest BCUT2D eigenvalue weighted by molar-refractivity contribution is 5.88. The van der Waals surface area contributed by atoms with Crippen molar-refractivity contribution in [2.45, 2.75) is 93.8 Å². The van der Waals surface area contributed by atoms with Gasteiger partial charge in [0.15, 0.2) is 0 Å². The van der Waals surface area contributed by atoms with Crippen molar-refractivity contribution in [3.05, 3.63) is 193 Å². The number of phenolic OH excluding ortho intramolecular Hbond substituents is 3. The van der Waals surface area contributed by atoms with Gasteiger partial charge in [0.05, 0.1) is 16.2 Å². The van der Waals surface area contributed by atoms with Crippen LogP contribution < -0.4 is 16.9 Å². The summed E-state index contributed by atoms with van der Waals surface area (Å²) in [5, 5.41) is 33.5. The van der Waals surface area contributed by atoms with E-state index in [1.165, 1.54) is 41.3 Å². The fourth-order valence-electron chi connectivity index (χ4n) is 11.8. The quantitative estimate of drug-likeness (QED) is 0.135. The summed E-state index contributed by atoms with van der Waals surface area (Å²) in [6, 6.07) is 41.8. The second-order valence-corrected chi connectivity index (χ2v) is 19.7. The third-order valence-electron chi connectivity index (χ3n) is 15.7. The lowest BCUT2D eigenvalue weighted by Crippen LogP contribution is -2.13. The second kappa shape index (κ2) is 17.1. The summed E-state index contributed by atoms with van der Waals surface area (Å²) >= 11 is 0. The van der Waals surface area contributed by atoms with Crippen LogP contribution in [0.25, 0.3) is 66.3 Å². The normalized spacial score (nSPS) is 19.6. The summed E-state index contributed by atoms with van der Waals surface area (Å²) in [4.78, 5) is 39.9. The summed E-state index contributed by atoms with van der Waals surface area (Å²) in [5.41, 5.74) is 7.27. The van der Waals surface area contributed by atoms with Crippen LogP contribution in [0.15, 0.2) is 161 Å². The highest BCUT2D eigenvalue weighted by atomic mass is 16.4. The van der Waals surface area contributed by atoms with E-state index in [1.54, 1.807) is 36.4 Å². The molecule has 3 heterocycles. The molecule has 3 fully saturated rings. The SMILES string of the molecule is O=c1oc(-c2cc(C3CCC(c4ccc(C5CCC(c6ccccc6-c6cc7ccc(O)cc7c(=O)o6)CC5)cc4-c4cc5ccc(O)cc5c(=O)o4)C3)ccc2C2CCC2)cc2ccc(O)cc12. The van der Waals surface area contributed by atoms with Gasteiger partial charge < -0.3 is 28.6 Å². The molecule has 3 saturated carbocycles. The van der Waals surface area contributed by atoms with E-state index < -0.39 is 16.9 Å². The van der Waals surface area contributed by atoms with Gasteiger partial charge in [-0.3, -0.25) is 0 Å². The van der Waals surface area contributed by atoms with Crippen LogP contribution in [0.2, 0.25) is 0 Å². The van der Waals surface area contributed by atoms with Gasteiger partial charge in [0, 0.05) is 16.7 Å². The number of phenols is 3. The first-order valence-electron chi connectivity index (χ1n) is 24.3. The van der Waals surface area contributed by atoms with Crippen molar-refractivity contribution in [3.63, 3.8) is 0 Å². The molecule has 0 aliphatic heterocycles. The van der Waals surface area contributed by atoms with Crippen molar-refractivity contribution < 1.29 is 28.6 Å². The van der Waals surface area contributed by atoms with E-state index in [4.69, 9.17) is 13.3 Å². The predicted octanol–water partition coefficient (Wildman–Crippen LogP) is 13.9. The minimum Gasteiger partial charge on any atom is -0.508 e. The summed E-state index contributed by atoms with van der Waals surface area (Å²) in [6.07, 6.45) is 9.97. The summed E-state index contributed by atoms with van der Waals surface area (Å²) < 4.78 is 18.0. The summed E-state index contributed by atoms with van der Waals surface area (Å²) in [5.74, 6) is 3.03. The molecule has 9 aromatic rings. The van der Waals surface area contributed by atoms with Gasteiger partial charge in [0.1, 0.15) is 34.5 Å². The molecule has 6 aromatic carbocycles. The topological polar surface area (TPSA) is 151 Å². The number of aromatic hydroxyl groups is 3. The van der Waals surface area contributed by atoms with Crippen molar-refractivity contribution in [1.82, 2.24) is 0 Å². The van der Waals surface area contributed by atoms with Crippen LogP contribution in [0.5, 0.6) is 17.2 Å². The molecule has 2 unspecified atom stereocenters. The van der Waals surface area contributed by atoms with Gasteiger partial charge in [-0.25, -0.2) is 14.4 Å². The number of hydrogen-bond acceptors (Lipinski definition) is 9. The first-order chi connectivity index (χ1) is 33.6.